The van der Waals surface area contributed by atoms with Crippen LogP contribution < -0.4 is 0 Å². The molecule has 6 nitrogen and oxygen atoms in total. The van der Waals surface area contributed by atoms with Crippen molar-refractivity contribution in [2.45, 2.75) is 45.3 Å². The molecule has 6 heteroatoms. The standard InChI is InChI=1S/C22H27N3O3/c1-4-18-14(2)11-22(27)20(15(3)28-21(22)26)19(18)8-6-16-5-7-17(12-24-16)25-10-9-23-13-25/h5-10,12-15,18-20,27H,4,11H2,1-3H3/b8-6+. The van der Waals surface area contributed by atoms with Gasteiger partial charge in [-0.25, -0.2) is 9.78 Å². The predicted octanol–water partition coefficient (Wildman–Crippen LogP) is 3.26. The number of aliphatic hydroxyl groups is 1. The summed E-state index contributed by atoms with van der Waals surface area (Å²) in [5.74, 6) is 0.0181. The van der Waals surface area contributed by atoms with Crippen LogP contribution >= 0.6 is 0 Å². The normalized spacial score (nSPS) is 35.1. The zero-order valence-corrected chi connectivity index (χ0v) is 16.5. The van der Waals surface area contributed by atoms with E-state index in [0.717, 1.165) is 17.8 Å². The van der Waals surface area contributed by atoms with Gasteiger partial charge in [0.25, 0.3) is 0 Å². The van der Waals surface area contributed by atoms with Gasteiger partial charge >= 0.3 is 5.97 Å². The quantitative estimate of drug-likeness (QED) is 0.823. The van der Waals surface area contributed by atoms with Crippen LogP contribution in [0, 0.1) is 23.7 Å². The Balaban J connectivity index is 1.61. The van der Waals surface area contributed by atoms with E-state index in [2.05, 4.69) is 29.9 Å². The van der Waals surface area contributed by atoms with E-state index in [1.165, 1.54) is 0 Å². The third kappa shape index (κ3) is 3.05. The molecule has 1 saturated carbocycles. The molecule has 1 saturated heterocycles. The Hall–Kier alpha value is -2.47. The van der Waals surface area contributed by atoms with E-state index < -0.39 is 11.6 Å². The number of aromatic nitrogens is 3. The largest absolute Gasteiger partial charge is 0.460 e. The molecule has 2 aromatic heterocycles. The minimum Gasteiger partial charge on any atom is -0.460 e. The molecule has 2 fully saturated rings. The monoisotopic (exact) mass is 381 g/mol. The molecule has 0 aromatic carbocycles. The van der Waals surface area contributed by atoms with Crippen LogP contribution in [0.3, 0.4) is 0 Å². The number of rotatable bonds is 4. The van der Waals surface area contributed by atoms with Crippen LogP contribution in [0.5, 0.6) is 0 Å². The zero-order valence-electron chi connectivity index (χ0n) is 16.5. The maximum atomic E-state index is 12.3. The van der Waals surface area contributed by atoms with E-state index >= 15 is 0 Å². The van der Waals surface area contributed by atoms with Gasteiger partial charge in [0.15, 0.2) is 5.60 Å². The molecule has 6 unspecified atom stereocenters. The fraction of sp³-hybridized carbons (Fsp3) is 0.500. The number of allylic oxidation sites excluding steroid dienone is 1. The summed E-state index contributed by atoms with van der Waals surface area (Å²) in [6.45, 7) is 6.19. The fourth-order valence-electron chi connectivity index (χ4n) is 5.21. The summed E-state index contributed by atoms with van der Waals surface area (Å²) in [5.41, 5.74) is 0.418. The molecular formula is C22H27N3O3. The van der Waals surface area contributed by atoms with Gasteiger partial charge in [0.2, 0.25) is 0 Å². The second kappa shape index (κ2) is 7.17. The summed E-state index contributed by atoms with van der Waals surface area (Å²) in [5, 5.41) is 11.1. The molecule has 1 aliphatic carbocycles. The summed E-state index contributed by atoms with van der Waals surface area (Å²) in [6.07, 6.45) is 12.5. The van der Waals surface area contributed by atoms with Crippen LogP contribution in [-0.2, 0) is 9.53 Å². The van der Waals surface area contributed by atoms with Gasteiger partial charge in [-0.3, -0.25) is 4.98 Å². The molecule has 28 heavy (non-hydrogen) atoms. The maximum absolute atomic E-state index is 12.3. The molecule has 0 radical (unpaired) electrons. The van der Waals surface area contributed by atoms with E-state index in [9.17, 15) is 9.90 Å². The number of pyridine rings is 1. The van der Waals surface area contributed by atoms with Crippen LogP contribution in [-0.4, -0.2) is 37.3 Å². The molecule has 0 bridgehead atoms. The first-order valence-electron chi connectivity index (χ1n) is 10.00. The lowest BCUT2D eigenvalue weighted by Gasteiger charge is -2.45. The van der Waals surface area contributed by atoms with Crippen molar-refractivity contribution in [1.82, 2.24) is 14.5 Å². The van der Waals surface area contributed by atoms with Crippen molar-refractivity contribution >= 4 is 12.0 Å². The number of ether oxygens (including phenoxy) is 1. The number of carbonyl (C=O) groups is 1. The van der Waals surface area contributed by atoms with Gasteiger partial charge < -0.3 is 14.4 Å². The van der Waals surface area contributed by atoms with E-state index in [4.69, 9.17) is 4.74 Å². The minimum absolute atomic E-state index is 0.0651. The summed E-state index contributed by atoms with van der Waals surface area (Å²) >= 11 is 0. The van der Waals surface area contributed by atoms with Crippen LogP contribution in [0.4, 0.5) is 0 Å². The number of fused-ring (bicyclic) bond motifs is 1. The Morgan fingerprint density at radius 2 is 2.21 bits per heavy atom. The third-order valence-corrected chi connectivity index (χ3v) is 6.51. The highest BCUT2D eigenvalue weighted by molar-refractivity contribution is 5.82. The molecule has 148 valence electrons. The van der Waals surface area contributed by atoms with Gasteiger partial charge in [0.1, 0.15) is 6.10 Å². The Labute approximate surface area is 165 Å². The van der Waals surface area contributed by atoms with Gasteiger partial charge in [-0.2, -0.15) is 0 Å². The Kier molecular flexibility index (Phi) is 4.83. The number of imidazole rings is 1. The number of cyclic esters (lactones) is 1. The van der Waals surface area contributed by atoms with Gasteiger partial charge in [0.05, 0.1) is 23.9 Å². The van der Waals surface area contributed by atoms with Crippen molar-refractivity contribution in [1.29, 1.82) is 0 Å². The van der Waals surface area contributed by atoms with Crippen LogP contribution in [0.25, 0.3) is 11.8 Å². The van der Waals surface area contributed by atoms with Crippen molar-refractivity contribution in [2.75, 3.05) is 0 Å². The Morgan fingerprint density at radius 3 is 2.86 bits per heavy atom. The number of hydrogen-bond donors (Lipinski definition) is 1. The second-order valence-electron chi connectivity index (χ2n) is 8.16. The van der Waals surface area contributed by atoms with Gasteiger partial charge in [-0.05, 0) is 49.3 Å². The molecule has 0 spiro atoms. The molecule has 0 amide bonds. The molecule has 3 heterocycles. The zero-order chi connectivity index (χ0) is 19.9. The molecular weight excluding hydrogens is 354 g/mol. The summed E-state index contributed by atoms with van der Waals surface area (Å²) in [6, 6.07) is 3.96. The highest BCUT2D eigenvalue weighted by Crippen LogP contribution is 2.52. The molecule has 6 atom stereocenters. The van der Waals surface area contributed by atoms with E-state index in [-0.39, 0.29) is 23.9 Å². The van der Waals surface area contributed by atoms with E-state index in [1.54, 1.807) is 12.5 Å². The smallest absolute Gasteiger partial charge is 0.338 e. The predicted molar refractivity (Wildman–Crippen MR) is 105 cm³/mol. The molecule has 2 aliphatic rings. The first-order chi connectivity index (χ1) is 13.4. The average molecular weight is 381 g/mol. The Morgan fingerprint density at radius 1 is 1.39 bits per heavy atom. The lowest BCUT2D eigenvalue weighted by atomic mass is 9.59. The summed E-state index contributed by atoms with van der Waals surface area (Å²) in [4.78, 5) is 20.9. The highest BCUT2D eigenvalue weighted by Gasteiger charge is 2.62. The maximum Gasteiger partial charge on any atom is 0.338 e. The molecule has 4 rings (SSSR count). The minimum atomic E-state index is -1.38. The van der Waals surface area contributed by atoms with Gasteiger partial charge in [-0.1, -0.05) is 26.3 Å². The first kappa shape index (κ1) is 18.9. The lowest BCUT2D eigenvalue weighted by Crippen LogP contribution is -2.53. The number of hydrogen-bond acceptors (Lipinski definition) is 5. The number of carbonyl (C=O) groups excluding carboxylic acids is 1. The van der Waals surface area contributed by atoms with Crippen molar-refractivity contribution in [3.63, 3.8) is 0 Å². The van der Waals surface area contributed by atoms with Crippen molar-refractivity contribution < 1.29 is 14.6 Å². The Bertz CT molecular complexity index is 862. The average Bonchev–Trinajstić information content (AvgIpc) is 3.27. The third-order valence-electron chi connectivity index (χ3n) is 6.51. The van der Waals surface area contributed by atoms with E-state index in [1.807, 2.05) is 42.1 Å². The topological polar surface area (TPSA) is 77.2 Å². The number of nitrogens with zero attached hydrogens (tertiary/aromatic N) is 3. The van der Waals surface area contributed by atoms with E-state index in [0.29, 0.717) is 12.3 Å². The molecule has 1 N–H and O–H groups in total. The van der Waals surface area contributed by atoms with Crippen LogP contribution in [0.15, 0.2) is 43.1 Å². The second-order valence-corrected chi connectivity index (χ2v) is 8.16. The van der Waals surface area contributed by atoms with Crippen molar-refractivity contribution in [3.8, 4) is 5.69 Å². The van der Waals surface area contributed by atoms with Crippen molar-refractivity contribution in [3.05, 3.63) is 48.8 Å². The van der Waals surface area contributed by atoms with Crippen molar-refractivity contribution in [2.24, 2.45) is 23.7 Å². The highest BCUT2D eigenvalue weighted by atomic mass is 16.6. The SMILES string of the molecule is CCC1C(C)CC2(O)C(=O)OC(C)C2C1/C=C/c1ccc(-n2ccnc2)cn1. The summed E-state index contributed by atoms with van der Waals surface area (Å²) < 4.78 is 7.35. The molecule has 1 aliphatic heterocycles. The molecule has 2 aromatic rings. The van der Waals surface area contributed by atoms with Gasteiger partial charge in [0, 0.05) is 18.3 Å². The van der Waals surface area contributed by atoms with Gasteiger partial charge in [-0.15, -0.1) is 0 Å². The summed E-state index contributed by atoms with van der Waals surface area (Å²) in [7, 11) is 0. The first-order valence-corrected chi connectivity index (χ1v) is 10.00. The van der Waals surface area contributed by atoms with Crippen LogP contribution in [0.1, 0.15) is 39.3 Å². The fourth-order valence-corrected chi connectivity index (χ4v) is 5.21. The lowest BCUT2D eigenvalue weighted by molar-refractivity contribution is -0.160. The van der Waals surface area contributed by atoms with Crippen LogP contribution in [0.2, 0.25) is 0 Å². The number of esters is 1.